The zero-order chi connectivity index (χ0) is 23.3. The van der Waals surface area contributed by atoms with E-state index in [9.17, 15) is 4.79 Å². The highest BCUT2D eigenvalue weighted by Crippen LogP contribution is 2.20. The average Bonchev–Trinajstić information content (AvgIpc) is 3.33. The zero-order valence-corrected chi connectivity index (χ0v) is 19.0. The van der Waals surface area contributed by atoms with Crippen LogP contribution in [0.15, 0.2) is 77.3 Å². The van der Waals surface area contributed by atoms with Crippen LogP contribution in [0.4, 0.5) is 11.5 Å². The number of aryl methyl sites for hydroxylation is 1. The fourth-order valence-electron chi connectivity index (χ4n) is 4.04. The Labute approximate surface area is 198 Å². The Morgan fingerprint density at radius 3 is 2.50 bits per heavy atom. The molecule has 8 heteroatoms. The maximum Gasteiger partial charge on any atom is 0.255 e. The molecule has 4 aromatic rings. The summed E-state index contributed by atoms with van der Waals surface area (Å²) in [6, 6.07) is 21.2. The molecule has 3 heterocycles. The molecule has 0 spiro atoms. The van der Waals surface area contributed by atoms with Crippen LogP contribution in [-0.2, 0) is 6.54 Å². The summed E-state index contributed by atoms with van der Waals surface area (Å²) in [5.74, 6) is 1.74. The van der Waals surface area contributed by atoms with Crippen LogP contribution >= 0.6 is 0 Å². The minimum Gasteiger partial charge on any atom is -0.421 e. The first kappa shape index (κ1) is 21.8. The van der Waals surface area contributed by atoms with Gasteiger partial charge in [-0.05, 0) is 48.0 Å². The van der Waals surface area contributed by atoms with Gasteiger partial charge in [0.15, 0.2) is 0 Å². The molecular weight excluding hydrogens is 428 g/mol. The summed E-state index contributed by atoms with van der Waals surface area (Å²) in [4.78, 5) is 22.0. The minimum absolute atomic E-state index is 0.184. The van der Waals surface area contributed by atoms with Crippen LogP contribution in [0.1, 0.15) is 21.8 Å². The maximum absolute atomic E-state index is 12.8. The number of hydrogen-bond acceptors (Lipinski definition) is 7. The van der Waals surface area contributed by atoms with E-state index in [-0.39, 0.29) is 5.91 Å². The Morgan fingerprint density at radius 2 is 1.79 bits per heavy atom. The molecule has 1 fully saturated rings. The monoisotopic (exact) mass is 454 g/mol. The molecule has 1 aliphatic heterocycles. The summed E-state index contributed by atoms with van der Waals surface area (Å²) in [6.07, 6.45) is 1.84. The molecule has 34 heavy (non-hydrogen) atoms. The molecule has 0 bridgehead atoms. The molecule has 5 rings (SSSR count). The topological polar surface area (TPSA) is 87.4 Å². The van der Waals surface area contributed by atoms with Crippen LogP contribution < -0.4 is 10.2 Å². The van der Waals surface area contributed by atoms with Crippen LogP contribution in [0.25, 0.3) is 11.5 Å². The van der Waals surface area contributed by atoms with Gasteiger partial charge in [0.05, 0.1) is 0 Å². The molecule has 1 saturated heterocycles. The Morgan fingerprint density at radius 1 is 0.971 bits per heavy atom. The van der Waals surface area contributed by atoms with Crippen molar-refractivity contribution in [2.24, 2.45) is 0 Å². The van der Waals surface area contributed by atoms with Crippen molar-refractivity contribution in [3.05, 3.63) is 89.9 Å². The molecule has 2 aromatic heterocycles. The molecular formula is C26H26N6O2. The van der Waals surface area contributed by atoms with Gasteiger partial charge in [-0.2, -0.15) is 0 Å². The van der Waals surface area contributed by atoms with Crippen molar-refractivity contribution in [2.75, 3.05) is 36.4 Å². The van der Waals surface area contributed by atoms with E-state index < -0.39 is 0 Å². The minimum atomic E-state index is -0.184. The largest absolute Gasteiger partial charge is 0.421 e. The van der Waals surface area contributed by atoms with E-state index in [0.29, 0.717) is 22.9 Å². The third-order valence-corrected chi connectivity index (χ3v) is 5.86. The summed E-state index contributed by atoms with van der Waals surface area (Å²) in [5.41, 5.74) is 3.22. The van der Waals surface area contributed by atoms with Gasteiger partial charge in [0.1, 0.15) is 5.82 Å². The van der Waals surface area contributed by atoms with Crippen molar-refractivity contribution in [3.8, 4) is 11.5 Å². The molecule has 1 amide bonds. The number of piperazine rings is 1. The van der Waals surface area contributed by atoms with Crippen LogP contribution in [0.3, 0.4) is 0 Å². The predicted octanol–water partition coefficient (Wildman–Crippen LogP) is 4.01. The molecule has 8 nitrogen and oxygen atoms in total. The van der Waals surface area contributed by atoms with E-state index in [1.807, 2.05) is 36.5 Å². The molecule has 0 atom stereocenters. The number of aromatic nitrogens is 3. The standard InChI is InChI=1S/C26H26N6O2/c1-19-29-30-26(34-19)22-6-4-5-21(17-22)25(33)28-23-10-8-20(9-11-23)18-31-13-15-32(16-14-31)24-7-2-3-12-27-24/h2-12,17H,13-16,18H2,1H3,(H,28,33). The normalized spacial score (nSPS) is 14.2. The van der Waals surface area contributed by atoms with Crippen molar-refractivity contribution >= 4 is 17.4 Å². The van der Waals surface area contributed by atoms with Gasteiger partial charge in [0.25, 0.3) is 5.91 Å². The van der Waals surface area contributed by atoms with Gasteiger partial charge in [-0.15, -0.1) is 10.2 Å². The van der Waals surface area contributed by atoms with Gasteiger partial charge in [0.2, 0.25) is 11.8 Å². The van der Waals surface area contributed by atoms with E-state index >= 15 is 0 Å². The van der Waals surface area contributed by atoms with Gasteiger partial charge in [0, 0.05) is 62.7 Å². The fraction of sp³-hybridized carbons (Fsp3) is 0.231. The second kappa shape index (κ2) is 9.84. The number of carbonyl (C=O) groups is 1. The number of pyridine rings is 1. The first-order valence-electron chi connectivity index (χ1n) is 11.3. The summed E-state index contributed by atoms with van der Waals surface area (Å²) >= 11 is 0. The van der Waals surface area contributed by atoms with Gasteiger partial charge < -0.3 is 14.6 Å². The Kier molecular flexibility index (Phi) is 6.31. The van der Waals surface area contributed by atoms with Crippen molar-refractivity contribution in [1.82, 2.24) is 20.1 Å². The highest BCUT2D eigenvalue weighted by atomic mass is 16.4. The fourth-order valence-corrected chi connectivity index (χ4v) is 4.04. The first-order valence-corrected chi connectivity index (χ1v) is 11.3. The number of carbonyl (C=O) groups excluding carboxylic acids is 1. The SMILES string of the molecule is Cc1nnc(-c2cccc(C(=O)Nc3ccc(CN4CCN(c5ccccn5)CC4)cc3)c2)o1. The highest BCUT2D eigenvalue weighted by Gasteiger charge is 2.18. The smallest absolute Gasteiger partial charge is 0.255 e. The molecule has 172 valence electrons. The third-order valence-electron chi connectivity index (χ3n) is 5.86. The summed E-state index contributed by atoms with van der Waals surface area (Å²) < 4.78 is 5.46. The lowest BCUT2D eigenvalue weighted by Crippen LogP contribution is -2.46. The van der Waals surface area contributed by atoms with Crippen molar-refractivity contribution < 1.29 is 9.21 Å². The molecule has 1 N–H and O–H groups in total. The van der Waals surface area contributed by atoms with Gasteiger partial charge in [-0.25, -0.2) is 4.98 Å². The van der Waals surface area contributed by atoms with E-state index in [0.717, 1.165) is 44.2 Å². The van der Waals surface area contributed by atoms with Crippen LogP contribution in [0, 0.1) is 6.92 Å². The molecule has 0 radical (unpaired) electrons. The Bertz CT molecular complexity index is 1250. The lowest BCUT2D eigenvalue weighted by molar-refractivity contribution is 0.102. The number of amides is 1. The lowest BCUT2D eigenvalue weighted by Gasteiger charge is -2.35. The van der Waals surface area contributed by atoms with Gasteiger partial charge in [-0.1, -0.05) is 24.3 Å². The van der Waals surface area contributed by atoms with Crippen molar-refractivity contribution in [3.63, 3.8) is 0 Å². The highest BCUT2D eigenvalue weighted by molar-refractivity contribution is 6.04. The number of hydrogen-bond donors (Lipinski definition) is 1. The summed E-state index contributed by atoms with van der Waals surface area (Å²) in [7, 11) is 0. The van der Waals surface area contributed by atoms with Crippen molar-refractivity contribution in [2.45, 2.75) is 13.5 Å². The third kappa shape index (κ3) is 5.13. The van der Waals surface area contributed by atoms with Crippen LogP contribution in [0.5, 0.6) is 0 Å². The number of rotatable bonds is 6. The predicted molar refractivity (Wildman–Crippen MR) is 131 cm³/mol. The number of benzene rings is 2. The van der Waals surface area contributed by atoms with Crippen LogP contribution in [0.2, 0.25) is 0 Å². The quantitative estimate of drug-likeness (QED) is 0.471. The van der Waals surface area contributed by atoms with E-state index in [1.165, 1.54) is 5.56 Å². The second-order valence-electron chi connectivity index (χ2n) is 8.31. The van der Waals surface area contributed by atoms with Gasteiger partial charge in [-0.3, -0.25) is 9.69 Å². The molecule has 0 unspecified atom stereocenters. The molecule has 0 aliphatic carbocycles. The maximum atomic E-state index is 12.8. The lowest BCUT2D eigenvalue weighted by atomic mass is 10.1. The van der Waals surface area contributed by atoms with E-state index in [2.05, 4.69) is 48.5 Å². The van der Waals surface area contributed by atoms with E-state index in [4.69, 9.17) is 4.42 Å². The number of anilines is 2. The van der Waals surface area contributed by atoms with E-state index in [1.54, 1.807) is 25.1 Å². The summed E-state index contributed by atoms with van der Waals surface area (Å²) in [5, 5.41) is 10.8. The van der Waals surface area contributed by atoms with Gasteiger partial charge >= 0.3 is 0 Å². The molecule has 1 aliphatic rings. The van der Waals surface area contributed by atoms with Crippen molar-refractivity contribution in [1.29, 1.82) is 0 Å². The molecule has 0 saturated carbocycles. The summed E-state index contributed by atoms with van der Waals surface area (Å²) in [6.45, 7) is 6.53. The second-order valence-corrected chi connectivity index (χ2v) is 8.31. The first-order chi connectivity index (χ1) is 16.6. The average molecular weight is 455 g/mol. The number of nitrogens with one attached hydrogen (secondary N) is 1. The number of nitrogens with zero attached hydrogens (tertiary/aromatic N) is 5. The Hall–Kier alpha value is -4.04. The zero-order valence-electron chi connectivity index (χ0n) is 19.0. The Balaban J connectivity index is 1.16. The molecule has 2 aromatic carbocycles. The van der Waals surface area contributed by atoms with Crippen LogP contribution in [-0.4, -0.2) is 52.2 Å².